The summed E-state index contributed by atoms with van der Waals surface area (Å²) in [6, 6.07) is 16.4. The van der Waals surface area contributed by atoms with Gasteiger partial charge in [0.1, 0.15) is 11.4 Å². The second-order valence-electron chi connectivity index (χ2n) is 6.70. The first-order valence-corrected chi connectivity index (χ1v) is 9.22. The molecule has 0 saturated carbocycles. The lowest BCUT2D eigenvalue weighted by atomic mass is 10.1. The van der Waals surface area contributed by atoms with Crippen LogP contribution in [0, 0.1) is 13.8 Å². The highest BCUT2D eigenvalue weighted by atomic mass is 16.5. The number of amides is 2. The van der Waals surface area contributed by atoms with Crippen LogP contribution in [0.25, 0.3) is 0 Å². The molecule has 0 radical (unpaired) electrons. The summed E-state index contributed by atoms with van der Waals surface area (Å²) in [5, 5.41) is 5.67. The number of aryl methyl sites for hydroxylation is 2. The monoisotopic (exact) mass is 389 g/mol. The third kappa shape index (κ3) is 4.99. The lowest BCUT2D eigenvalue weighted by Gasteiger charge is -2.11. The topological polar surface area (TPSA) is 80.3 Å². The lowest BCUT2D eigenvalue weighted by molar-refractivity contribution is 0.0950. The number of methoxy groups -OCH3 is 1. The second-order valence-corrected chi connectivity index (χ2v) is 6.70. The van der Waals surface area contributed by atoms with Crippen LogP contribution in [-0.2, 0) is 6.54 Å². The first-order valence-electron chi connectivity index (χ1n) is 9.22. The van der Waals surface area contributed by atoms with Crippen LogP contribution in [0.2, 0.25) is 0 Å². The molecule has 6 heteroatoms. The molecule has 0 spiro atoms. The summed E-state index contributed by atoms with van der Waals surface area (Å²) < 4.78 is 5.28. The summed E-state index contributed by atoms with van der Waals surface area (Å²) in [5.41, 5.74) is 4.20. The van der Waals surface area contributed by atoms with E-state index in [1.807, 2.05) is 50.2 Å². The van der Waals surface area contributed by atoms with Gasteiger partial charge >= 0.3 is 0 Å². The molecule has 0 aliphatic rings. The van der Waals surface area contributed by atoms with E-state index in [2.05, 4.69) is 15.6 Å². The van der Waals surface area contributed by atoms with E-state index in [0.717, 1.165) is 16.7 Å². The zero-order valence-corrected chi connectivity index (χ0v) is 16.7. The summed E-state index contributed by atoms with van der Waals surface area (Å²) in [6.45, 7) is 4.33. The Kier molecular flexibility index (Phi) is 6.24. The van der Waals surface area contributed by atoms with Crippen molar-refractivity contribution in [2.75, 3.05) is 12.4 Å². The van der Waals surface area contributed by atoms with Gasteiger partial charge < -0.3 is 15.4 Å². The van der Waals surface area contributed by atoms with Crippen molar-refractivity contribution in [3.8, 4) is 5.75 Å². The van der Waals surface area contributed by atoms with Crippen molar-refractivity contribution in [2.45, 2.75) is 20.4 Å². The molecule has 0 unspecified atom stereocenters. The van der Waals surface area contributed by atoms with Crippen molar-refractivity contribution in [3.63, 3.8) is 0 Å². The van der Waals surface area contributed by atoms with Gasteiger partial charge in [-0.2, -0.15) is 0 Å². The summed E-state index contributed by atoms with van der Waals surface area (Å²) in [4.78, 5) is 29.2. The maximum Gasteiger partial charge on any atom is 0.274 e. The molecule has 2 aromatic carbocycles. The molecule has 1 aromatic heterocycles. The minimum atomic E-state index is -0.414. The van der Waals surface area contributed by atoms with Gasteiger partial charge in [0.25, 0.3) is 11.8 Å². The van der Waals surface area contributed by atoms with Crippen LogP contribution in [0.3, 0.4) is 0 Å². The van der Waals surface area contributed by atoms with Gasteiger partial charge in [0.05, 0.1) is 12.8 Å². The Morgan fingerprint density at radius 3 is 2.55 bits per heavy atom. The first kappa shape index (κ1) is 20.1. The normalized spacial score (nSPS) is 10.3. The van der Waals surface area contributed by atoms with Gasteiger partial charge in [-0.15, -0.1) is 0 Å². The van der Waals surface area contributed by atoms with Crippen molar-refractivity contribution in [2.24, 2.45) is 0 Å². The van der Waals surface area contributed by atoms with E-state index in [-0.39, 0.29) is 11.6 Å². The summed E-state index contributed by atoms with van der Waals surface area (Å²) in [5.74, 6) is -0.128. The van der Waals surface area contributed by atoms with E-state index >= 15 is 0 Å². The van der Waals surface area contributed by atoms with Crippen LogP contribution in [0.4, 0.5) is 5.69 Å². The number of hydrogen-bond donors (Lipinski definition) is 2. The van der Waals surface area contributed by atoms with Crippen molar-refractivity contribution in [1.29, 1.82) is 0 Å². The van der Waals surface area contributed by atoms with Gasteiger partial charge in [-0.3, -0.25) is 14.6 Å². The number of carbonyl (C=O) groups excluding carboxylic acids is 2. The third-order valence-corrected chi connectivity index (χ3v) is 4.56. The Hall–Kier alpha value is -3.67. The maximum absolute atomic E-state index is 12.6. The fourth-order valence-electron chi connectivity index (χ4n) is 2.89. The molecule has 0 aliphatic heterocycles. The summed E-state index contributed by atoms with van der Waals surface area (Å²) >= 11 is 0. The highest BCUT2D eigenvalue weighted by molar-refractivity contribution is 6.05. The number of hydrogen-bond acceptors (Lipinski definition) is 4. The summed E-state index contributed by atoms with van der Waals surface area (Å²) in [7, 11) is 1.54. The van der Waals surface area contributed by atoms with Crippen LogP contribution in [-0.4, -0.2) is 23.9 Å². The number of ether oxygens (including phenoxy) is 1. The van der Waals surface area contributed by atoms with Crippen LogP contribution in [0.15, 0.2) is 60.8 Å². The Morgan fingerprint density at radius 2 is 1.79 bits per heavy atom. The van der Waals surface area contributed by atoms with E-state index in [0.29, 0.717) is 23.5 Å². The van der Waals surface area contributed by atoms with E-state index in [1.165, 1.54) is 19.4 Å². The Morgan fingerprint density at radius 1 is 1.00 bits per heavy atom. The Bertz CT molecular complexity index is 1050. The standard InChI is InChI=1S/C23H23N3O3/c1-15-8-9-21(29-3)19(12-15)26-23(28)20-13-17(10-11-24-20)22(27)25-14-18-7-5-4-6-16(18)2/h4-13H,14H2,1-3H3,(H,25,27)(H,26,28). The van der Waals surface area contributed by atoms with Crippen molar-refractivity contribution in [3.05, 3.63) is 88.7 Å². The highest BCUT2D eigenvalue weighted by Gasteiger charge is 2.14. The average molecular weight is 389 g/mol. The van der Waals surface area contributed by atoms with Crippen molar-refractivity contribution < 1.29 is 14.3 Å². The van der Waals surface area contributed by atoms with E-state index < -0.39 is 5.91 Å². The molecular formula is C23H23N3O3. The van der Waals surface area contributed by atoms with E-state index in [1.54, 1.807) is 12.1 Å². The van der Waals surface area contributed by atoms with Crippen LogP contribution in [0.5, 0.6) is 5.75 Å². The minimum absolute atomic E-state index is 0.150. The molecule has 148 valence electrons. The zero-order valence-electron chi connectivity index (χ0n) is 16.7. The zero-order chi connectivity index (χ0) is 20.8. The van der Waals surface area contributed by atoms with Gasteiger partial charge in [0.2, 0.25) is 0 Å². The second kappa shape index (κ2) is 9.01. The molecule has 6 nitrogen and oxygen atoms in total. The lowest BCUT2D eigenvalue weighted by Crippen LogP contribution is -2.24. The molecule has 3 aromatic rings. The number of aromatic nitrogens is 1. The van der Waals surface area contributed by atoms with E-state index in [4.69, 9.17) is 4.74 Å². The quantitative estimate of drug-likeness (QED) is 0.670. The van der Waals surface area contributed by atoms with Crippen LogP contribution >= 0.6 is 0 Å². The first-order chi connectivity index (χ1) is 14.0. The SMILES string of the molecule is COc1ccc(C)cc1NC(=O)c1cc(C(=O)NCc2ccccc2C)ccn1. The fourth-order valence-corrected chi connectivity index (χ4v) is 2.89. The van der Waals surface area contributed by atoms with Gasteiger partial charge in [0, 0.05) is 18.3 Å². The molecule has 1 heterocycles. The molecule has 0 bridgehead atoms. The number of nitrogens with one attached hydrogen (secondary N) is 2. The fraction of sp³-hybridized carbons (Fsp3) is 0.174. The van der Waals surface area contributed by atoms with Gasteiger partial charge in [-0.25, -0.2) is 0 Å². The van der Waals surface area contributed by atoms with Crippen molar-refractivity contribution >= 4 is 17.5 Å². The Labute approximate surface area is 169 Å². The molecule has 29 heavy (non-hydrogen) atoms. The maximum atomic E-state index is 12.6. The van der Waals surface area contributed by atoms with Gasteiger partial charge in [0.15, 0.2) is 0 Å². The number of carbonyl (C=O) groups is 2. The van der Waals surface area contributed by atoms with Crippen LogP contribution in [0.1, 0.15) is 37.5 Å². The van der Waals surface area contributed by atoms with E-state index in [9.17, 15) is 9.59 Å². The number of benzene rings is 2. The average Bonchev–Trinajstić information content (AvgIpc) is 2.73. The Balaban J connectivity index is 1.72. The smallest absolute Gasteiger partial charge is 0.274 e. The molecular weight excluding hydrogens is 366 g/mol. The van der Waals surface area contributed by atoms with Gasteiger partial charge in [-0.1, -0.05) is 30.3 Å². The molecule has 3 rings (SSSR count). The number of pyridine rings is 1. The molecule has 0 aliphatic carbocycles. The number of rotatable bonds is 6. The number of anilines is 1. The van der Waals surface area contributed by atoms with Gasteiger partial charge in [-0.05, 0) is 54.8 Å². The minimum Gasteiger partial charge on any atom is -0.495 e. The largest absolute Gasteiger partial charge is 0.495 e. The number of nitrogens with zero attached hydrogens (tertiary/aromatic N) is 1. The van der Waals surface area contributed by atoms with Crippen LogP contribution < -0.4 is 15.4 Å². The molecule has 2 N–H and O–H groups in total. The third-order valence-electron chi connectivity index (χ3n) is 4.56. The predicted molar refractivity (Wildman–Crippen MR) is 112 cm³/mol. The molecule has 0 atom stereocenters. The predicted octanol–water partition coefficient (Wildman–Crippen LogP) is 3.89. The molecule has 0 saturated heterocycles. The van der Waals surface area contributed by atoms with Crippen molar-refractivity contribution in [1.82, 2.24) is 10.3 Å². The molecule has 2 amide bonds. The summed E-state index contributed by atoms with van der Waals surface area (Å²) in [6.07, 6.45) is 1.45. The highest BCUT2D eigenvalue weighted by Crippen LogP contribution is 2.25. The molecule has 0 fully saturated rings.